The van der Waals surface area contributed by atoms with Gasteiger partial charge < -0.3 is 15.3 Å². The molecule has 1 aliphatic heterocycles. The number of benzene rings is 1. The van der Waals surface area contributed by atoms with Crippen molar-refractivity contribution in [3.8, 4) is 0 Å². The third-order valence-electron chi connectivity index (χ3n) is 3.52. The van der Waals surface area contributed by atoms with Gasteiger partial charge in [0.25, 0.3) is 0 Å². The van der Waals surface area contributed by atoms with Gasteiger partial charge in [0.2, 0.25) is 0 Å². The topological polar surface area (TPSA) is 69.4 Å². The molecule has 0 spiro atoms. The summed E-state index contributed by atoms with van der Waals surface area (Å²) in [7, 11) is 0. The summed E-state index contributed by atoms with van der Waals surface area (Å²) in [5.74, 6) is 0.936. The Hall–Kier alpha value is -1.85. The first-order chi connectivity index (χ1) is 9.29. The Morgan fingerprint density at radius 1 is 1.32 bits per heavy atom. The third kappa shape index (κ3) is 1.82. The summed E-state index contributed by atoms with van der Waals surface area (Å²) in [4.78, 5) is 15.4. The van der Waals surface area contributed by atoms with Crippen molar-refractivity contribution in [2.24, 2.45) is 0 Å². The molecule has 0 saturated carbocycles. The highest BCUT2D eigenvalue weighted by atomic mass is 35.5. The first kappa shape index (κ1) is 11.0. The van der Waals surface area contributed by atoms with Gasteiger partial charge in [-0.25, -0.2) is 9.97 Å². The number of nitrogens with one attached hydrogen (secondary N) is 3. The summed E-state index contributed by atoms with van der Waals surface area (Å²) in [6, 6.07) is 5.85. The first-order valence-electron chi connectivity index (χ1n) is 6.19. The van der Waals surface area contributed by atoms with Crippen LogP contribution in [0, 0.1) is 0 Å². The van der Waals surface area contributed by atoms with E-state index >= 15 is 0 Å². The van der Waals surface area contributed by atoms with Crippen LogP contribution in [0.15, 0.2) is 24.5 Å². The molecule has 0 bridgehead atoms. The molecule has 3 N–H and O–H groups in total. The quantitative estimate of drug-likeness (QED) is 0.637. The van der Waals surface area contributed by atoms with Crippen LogP contribution in [0.2, 0.25) is 5.02 Å². The molecular weight excluding hydrogens is 262 g/mol. The molecular formula is C13H12ClN5. The van der Waals surface area contributed by atoms with E-state index in [-0.39, 0.29) is 6.04 Å². The standard InChI is InChI=1S/C13H12ClN5/c14-7-1-2-8-10(3-7)19-13(18-8)11-4-9-12(5-15-11)17-6-16-9/h1-3,6,11,15H,4-5H2,(H,16,17)(H,18,19). The fourth-order valence-electron chi connectivity index (χ4n) is 2.53. The van der Waals surface area contributed by atoms with Gasteiger partial charge in [0.1, 0.15) is 5.82 Å². The summed E-state index contributed by atoms with van der Waals surface area (Å²) in [5, 5.41) is 4.17. The number of fused-ring (bicyclic) bond motifs is 2. The van der Waals surface area contributed by atoms with E-state index in [2.05, 4.69) is 25.3 Å². The van der Waals surface area contributed by atoms with Gasteiger partial charge in [-0.2, -0.15) is 0 Å². The van der Waals surface area contributed by atoms with E-state index in [1.165, 1.54) is 0 Å². The van der Waals surface area contributed by atoms with Gasteiger partial charge in [0, 0.05) is 18.0 Å². The Kier molecular flexibility index (Phi) is 2.36. The molecule has 96 valence electrons. The van der Waals surface area contributed by atoms with E-state index < -0.39 is 0 Å². The van der Waals surface area contributed by atoms with Crippen molar-refractivity contribution in [1.82, 2.24) is 25.3 Å². The Bertz CT molecular complexity index is 744. The normalized spacial score (nSPS) is 18.7. The molecule has 1 unspecified atom stereocenters. The summed E-state index contributed by atoms with van der Waals surface area (Å²) in [5.41, 5.74) is 4.18. The lowest BCUT2D eigenvalue weighted by Gasteiger charge is -2.20. The maximum absolute atomic E-state index is 5.99. The lowest BCUT2D eigenvalue weighted by atomic mass is 10.1. The van der Waals surface area contributed by atoms with E-state index in [4.69, 9.17) is 11.6 Å². The van der Waals surface area contributed by atoms with Gasteiger partial charge in [0.05, 0.1) is 34.8 Å². The van der Waals surface area contributed by atoms with Crippen molar-refractivity contribution in [3.05, 3.63) is 46.8 Å². The molecule has 0 amide bonds. The second-order valence-corrected chi connectivity index (χ2v) is 5.19. The molecule has 4 rings (SSSR count). The van der Waals surface area contributed by atoms with Crippen LogP contribution in [0.5, 0.6) is 0 Å². The third-order valence-corrected chi connectivity index (χ3v) is 3.76. The van der Waals surface area contributed by atoms with E-state index in [0.29, 0.717) is 5.02 Å². The van der Waals surface area contributed by atoms with E-state index in [1.54, 1.807) is 6.33 Å². The molecule has 3 heterocycles. The number of hydrogen-bond donors (Lipinski definition) is 3. The number of imidazole rings is 2. The van der Waals surface area contributed by atoms with E-state index in [1.807, 2.05) is 18.2 Å². The second-order valence-electron chi connectivity index (χ2n) is 4.75. The molecule has 6 heteroatoms. The average molecular weight is 274 g/mol. The maximum atomic E-state index is 5.99. The van der Waals surface area contributed by atoms with Crippen LogP contribution < -0.4 is 5.32 Å². The summed E-state index contributed by atoms with van der Waals surface area (Å²) in [6.45, 7) is 0.789. The van der Waals surface area contributed by atoms with Crippen LogP contribution in [0.1, 0.15) is 23.3 Å². The highest BCUT2D eigenvalue weighted by Gasteiger charge is 2.23. The van der Waals surface area contributed by atoms with Crippen LogP contribution in [0.25, 0.3) is 11.0 Å². The average Bonchev–Trinajstić information content (AvgIpc) is 3.02. The van der Waals surface area contributed by atoms with Crippen LogP contribution >= 0.6 is 11.6 Å². The Morgan fingerprint density at radius 3 is 3.21 bits per heavy atom. The predicted octanol–water partition coefficient (Wildman–Crippen LogP) is 2.33. The van der Waals surface area contributed by atoms with E-state index in [9.17, 15) is 0 Å². The summed E-state index contributed by atoms with van der Waals surface area (Å²) in [6.07, 6.45) is 2.58. The van der Waals surface area contributed by atoms with Crippen molar-refractivity contribution >= 4 is 22.6 Å². The van der Waals surface area contributed by atoms with E-state index in [0.717, 1.165) is 41.2 Å². The van der Waals surface area contributed by atoms with Crippen LogP contribution in [0.3, 0.4) is 0 Å². The molecule has 0 aliphatic carbocycles. The minimum Gasteiger partial charge on any atom is -0.347 e. The highest BCUT2D eigenvalue weighted by Crippen LogP contribution is 2.25. The van der Waals surface area contributed by atoms with Crippen LogP contribution in [-0.4, -0.2) is 19.9 Å². The number of aromatic amines is 2. The molecule has 5 nitrogen and oxygen atoms in total. The van der Waals surface area contributed by atoms with Crippen molar-refractivity contribution in [1.29, 1.82) is 0 Å². The van der Waals surface area contributed by atoms with Gasteiger partial charge >= 0.3 is 0 Å². The van der Waals surface area contributed by atoms with Gasteiger partial charge in [-0.1, -0.05) is 11.6 Å². The smallest absolute Gasteiger partial charge is 0.124 e. The SMILES string of the molecule is Clc1ccc2nc(C3Cc4nc[nH]c4CN3)[nH]c2c1. The molecule has 3 aromatic rings. The van der Waals surface area contributed by atoms with Crippen LogP contribution in [0.4, 0.5) is 0 Å². The molecule has 19 heavy (non-hydrogen) atoms. The monoisotopic (exact) mass is 273 g/mol. The van der Waals surface area contributed by atoms with Gasteiger partial charge in [-0.05, 0) is 18.2 Å². The fourth-order valence-corrected chi connectivity index (χ4v) is 2.70. The molecule has 1 aromatic carbocycles. The van der Waals surface area contributed by atoms with Gasteiger partial charge in [0.15, 0.2) is 0 Å². The minimum absolute atomic E-state index is 0.168. The lowest BCUT2D eigenvalue weighted by molar-refractivity contribution is 0.472. The molecule has 0 saturated heterocycles. The zero-order chi connectivity index (χ0) is 12.8. The molecule has 0 fully saturated rings. The van der Waals surface area contributed by atoms with Crippen LogP contribution in [-0.2, 0) is 13.0 Å². The van der Waals surface area contributed by atoms with Crippen molar-refractivity contribution in [2.45, 2.75) is 19.0 Å². The minimum atomic E-state index is 0.168. The van der Waals surface area contributed by atoms with Crippen molar-refractivity contribution in [2.75, 3.05) is 0 Å². The number of halogens is 1. The largest absolute Gasteiger partial charge is 0.347 e. The number of H-pyrrole nitrogens is 2. The molecule has 0 radical (unpaired) electrons. The Morgan fingerprint density at radius 2 is 2.26 bits per heavy atom. The first-order valence-corrected chi connectivity index (χ1v) is 6.57. The number of nitrogens with zero attached hydrogens (tertiary/aromatic N) is 2. The van der Waals surface area contributed by atoms with Crippen molar-refractivity contribution in [3.63, 3.8) is 0 Å². The molecule has 1 atom stereocenters. The molecule has 1 aliphatic rings. The zero-order valence-corrected chi connectivity index (χ0v) is 10.8. The fraction of sp³-hybridized carbons (Fsp3) is 0.231. The summed E-state index contributed by atoms with van der Waals surface area (Å²) < 4.78 is 0. The number of aromatic nitrogens is 4. The number of hydrogen-bond acceptors (Lipinski definition) is 3. The maximum Gasteiger partial charge on any atom is 0.124 e. The molecule has 2 aromatic heterocycles. The Balaban J connectivity index is 1.71. The summed E-state index contributed by atoms with van der Waals surface area (Å²) >= 11 is 5.99. The number of rotatable bonds is 1. The lowest BCUT2D eigenvalue weighted by Crippen LogP contribution is -2.29. The Labute approximate surface area is 114 Å². The predicted molar refractivity (Wildman–Crippen MR) is 73.0 cm³/mol. The van der Waals surface area contributed by atoms with Crippen molar-refractivity contribution < 1.29 is 0 Å². The second kappa shape index (κ2) is 4.08. The highest BCUT2D eigenvalue weighted by molar-refractivity contribution is 6.31. The van der Waals surface area contributed by atoms with Gasteiger partial charge in [-0.3, -0.25) is 0 Å². The zero-order valence-electron chi connectivity index (χ0n) is 10.1. The van der Waals surface area contributed by atoms with Gasteiger partial charge in [-0.15, -0.1) is 0 Å².